The summed E-state index contributed by atoms with van der Waals surface area (Å²) in [5.41, 5.74) is 2.85. The first-order chi connectivity index (χ1) is 5.63. The molecule has 0 aliphatic heterocycles. The van der Waals surface area contributed by atoms with Gasteiger partial charge in [0.2, 0.25) is 0 Å². The third-order valence-electron chi connectivity index (χ3n) is 1.44. The summed E-state index contributed by atoms with van der Waals surface area (Å²) < 4.78 is 0. The van der Waals surface area contributed by atoms with Crippen molar-refractivity contribution in [2.75, 3.05) is 7.05 Å². The van der Waals surface area contributed by atoms with Crippen LogP contribution in [0.1, 0.15) is 6.92 Å². The Morgan fingerprint density at radius 2 is 1.92 bits per heavy atom. The summed E-state index contributed by atoms with van der Waals surface area (Å²) in [6, 6.07) is 0. The van der Waals surface area contributed by atoms with Crippen LogP contribution in [0.4, 0.5) is 0 Å². The standard InChI is InChI=1S/C11H15N/c1-6-10(4)11(9(2)3)7-8-12-5/h6-8H,1-2,4H2,3,5H3/b11-7-,12-8?. The van der Waals surface area contributed by atoms with Gasteiger partial charge in [0.1, 0.15) is 0 Å². The van der Waals surface area contributed by atoms with E-state index in [0.29, 0.717) is 0 Å². The van der Waals surface area contributed by atoms with Crippen LogP contribution in [-0.2, 0) is 0 Å². The second-order valence-corrected chi connectivity index (χ2v) is 2.50. The lowest BCUT2D eigenvalue weighted by molar-refractivity contribution is 1.41. The lowest BCUT2D eigenvalue weighted by Crippen LogP contribution is -1.86. The van der Waals surface area contributed by atoms with E-state index >= 15 is 0 Å². The zero-order valence-corrected chi connectivity index (χ0v) is 7.80. The van der Waals surface area contributed by atoms with E-state index in [0.717, 1.165) is 16.7 Å². The quantitative estimate of drug-likeness (QED) is 0.444. The minimum absolute atomic E-state index is 0.877. The fourth-order valence-electron chi connectivity index (χ4n) is 0.782. The van der Waals surface area contributed by atoms with Crippen LogP contribution in [0, 0.1) is 0 Å². The maximum atomic E-state index is 3.86. The van der Waals surface area contributed by atoms with E-state index in [1.54, 1.807) is 19.3 Å². The van der Waals surface area contributed by atoms with Gasteiger partial charge in [0.25, 0.3) is 0 Å². The molecule has 0 N–H and O–H groups in total. The molecule has 0 fully saturated rings. The zero-order valence-electron chi connectivity index (χ0n) is 7.80. The number of aliphatic imine (C=N–C) groups is 1. The Kier molecular flexibility index (Phi) is 4.70. The predicted octanol–water partition coefficient (Wildman–Crippen LogP) is 2.93. The molecule has 0 amide bonds. The van der Waals surface area contributed by atoms with Gasteiger partial charge in [0.05, 0.1) is 0 Å². The average molecular weight is 161 g/mol. The third-order valence-corrected chi connectivity index (χ3v) is 1.44. The molecule has 0 aromatic carbocycles. The second kappa shape index (κ2) is 5.30. The van der Waals surface area contributed by atoms with Crippen LogP contribution in [0.25, 0.3) is 0 Å². The van der Waals surface area contributed by atoms with Crippen LogP contribution in [0.15, 0.2) is 53.6 Å². The smallest absolute Gasteiger partial charge is 0.0277 e. The molecule has 64 valence electrons. The minimum Gasteiger partial charge on any atom is -0.296 e. The predicted molar refractivity (Wildman–Crippen MR) is 56.7 cm³/mol. The Hall–Kier alpha value is -1.37. The second-order valence-electron chi connectivity index (χ2n) is 2.50. The fraction of sp³-hybridized carbons (Fsp3) is 0.182. The van der Waals surface area contributed by atoms with Gasteiger partial charge in [0, 0.05) is 13.3 Å². The van der Waals surface area contributed by atoms with Crippen LogP contribution >= 0.6 is 0 Å². The van der Waals surface area contributed by atoms with Crippen molar-refractivity contribution >= 4 is 6.21 Å². The number of rotatable bonds is 4. The van der Waals surface area contributed by atoms with Crippen molar-refractivity contribution in [3.8, 4) is 0 Å². The maximum Gasteiger partial charge on any atom is 0.0277 e. The molecule has 0 aromatic rings. The van der Waals surface area contributed by atoms with Gasteiger partial charge in [-0.3, -0.25) is 4.99 Å². The molecule has 0 radical (unpaired) electrons. The van der Waals surface area contributed by atoms with Crippen LogP contribution in [0.2, 0.25) is 0 Å². The van der Waals surface area contributed by atoms with E-state index in [-0.39, 0.29) is 0 Å². The number of allylic oxidation sites excluding steroid dienone is 5. The molecule has 0 heterocycles. The molecular formula is C11H15N. The number of hydrogen-bond acceptors (Lipinski definition) is 1. The monoisotopic (exact) mass is 161 g/mol. The van der Waals surface area contributed by atoms with E-state index in [1.807, 2.05) is 13.0 Å². The third kappa shape index (κ3) is 3.15. The molecule has 1 nitrogen and oxygen atoms in total. The minimum atomic E-state index is 0.877. The summed E-state index contributed by atoms with van der Waals surface area (Å²) in [4.78, 5) is 3.86. The van der Waals surface area contributed by atoms with E-state index in [9.17, 15) is 0 Å². The van der Waals surface area contributed by atoms with Crippen LogP contribution in [0.5, 0.6) is 0 Å². The summed E-state index contributed by atoms with van der Waals surface area (Å²) in [7, 11) is 1.73. The van der Waals surface area contributed by atoms with Gasteiger partial charge in [-0.05, 0) is 24.1 Å². The van der Waals surface area contributed by atoms with Gasteiger partial charge >= 0.3 is 0 Å². The highest BCUT2D eigenvalue weighted by Crippen LogP contribution is 2.15. The van der Waals surface area contributed by atoms with E-state index < -0.39 is 0 Å². The van der Waals surface area contributed by atoms with Gasteiger partial charge in [-0.1, -0.05) is 31.4 Å². The molecule has 0 saturated carbocycles. The SMILES string of the molecule is C=CC(=C)/C(=C\C=NC)C(=C)C. The van der Waals surface area contributed by atoms with Gasteiger partial charge in [-0.2, -0.15) is 0 Å². The lowest BCUT2D eigenvalue weighted by Gasteiger charge is -2.04. The highest BCUT2D eigenvalue weighted by molar-refractivity contribution is 5.75. The molecule has 0 rings (SSSR count). The van der Waals surface area contributed by atoms with Crippen LogP contribution < -0.4 is 0 Å². The maximum absolute atomic E-state index is 3.86. The highest BCUT2D eigenvalue weighted by atomic mass is 14.6. The van der Waals surface area contributed by atoms with Crippen molar-refractivity contribution in [1.29, 1.82) is 0 Å². The summed E-state index contributed by atoms with van der Waals surface area (Å²) >= 11 is 0. The van der Waals surface area contributed by atoms with Crippen LogP contribution in [0.3, 0.4) is 0 Å². The molecule has 0 spiro atoms. The van der Waals surface area contributed by atoms with Crippen molar-refractivity contribution in [3.05, 3.63) is 48.6 Å². The van der Waals surface area contributed by atoms with Gasteiger partial charge < -0.3 is 0 Å². The van der Waals surface area contributed by atoms with E-state index in [4.69, 9.17) is 0 Å². The zero-order chi connectivity index (χ0) is 9.56. The molecule has 0 aliphatic carbocycles. The van der Waals surface area contributed by atoms with E-state index in [1.165, 1.54) is 0 Å². The summed E-state index contributed by atoms with van der Waals surface area (Å²) in [5, 5.41) is 0. The first-order valence-electron chi connectivity index (χ1n) is 3.73. The molecule has 0 unspecified atom stereocenters. The van der Waals surface area contributed by atoms with Crippen molar-refractivity contribution in [3.63, 3.8) is 0 Å². The number of nitrogens with zero attached hydrogens (tertiary/aromatic N) is 1. The number of hydrogen-bond donors (Lipinski definition) is 0. The molecule has 0 aliphatic rings. The van der Waals surface area contributed by atoms with Crippen LogP contribution in [-0.4, -0.2) is 13.3 Å². The molecular weight excluding hydrogens is 146 g/mol. The fourth-order valence-corrected chi connectivity index (χ4v) is 0.782. The van der Waals surface area contributed by atoms with Gasteiger partial charge in [0.15, 0.2) is 0 Å². The lowest BCUT2D eigenvalue weighted by atomic mass is 10.0. The van der Waals surface area contributed by atoms with Crippen molar-refractivity contribution < 1.29 is 0 Å². The Morgan fingerprint density at radius 1 is 1.33 bits per heavy atom. The molecule has 0 atom stereocenters. The Morgan fingerprint density at radius 3 is 2.25 bits per heavy atom. The molecule has 0 saturated heterocycles. The van der Waals surface area contributed by atoms with Crippen molar-refractivity contribution in [1.82, 2.24) is 0 Å². The first kappa shape index (κ1) is 10.6. The molecule has 0 aromatic heterocycles. The first-order valence-corrected chi connectivity index (χ1v) is 3.73. The summed E-state index contributed by atoms with van der Waals surface area (Å²) in [6.07, 6.45) is 5.31. The molecule has 0 bridgehead atoms. The largest absolute Gasteiger partial charge is 0.296 e. The molecule has 12 heavy (non-hydrogen) atoms. The summed E-state index contributed by atoms with van der Waals surface area (Å²) in [5.74, 6) is 0. The topological polar surface area (TPSA) is 12.4 Å². The average Bonchev–Trinajstić information content (AvgIpc) is 2.04. The van der Waals surface area contributed by atoms with Crippen molar-refractivity contribution in [2.24, 2.45) is 4.99 Å². The Bertz CT molecular complexity index is 254. The Labute approximate surface area is 74.5 Å². The molecule has 1 heteroatoms. The van der Waals surface area contributed by atoms with E-state index in [2.05, 4.69) is 24.7 Å². The Balaban J connectivity index is 4.78. The summed E-state index contributed by atoms with van der Waals surface area (Å²) in [6.45, 7) is 13.3. The highest BCUT2D eigenvalue weighted by Gasteiger charge is 1.97. The van der Waals surface area contributed by atoms with Gasteiger partial charge in [-0.15, -0.1) is 0 Å². The van der Waals surface area contributed by atoms with Crippen molar-refractivity contribution in [2.45, 2.75) is 6.92 Å². The normalized spacial score (nSPS) is 11.7. The van der Waals surface area contributed by atoms with Gasteiger partial charge in [-0.25, -0.2) is 0 Å².